The van der Waals surface area contributed by atoms with E-state index in [0.29, 0.717) is 5.92 Å². The molecule has 0 aromatic carbocycles. The minimum atomic E-state index is -0.602. The van der Waals surface area contributed by atoms with Gasteiger partial charge in [0.1, 0.15) is 6.10 Å². The molecule has 1 N–H and O–H groups in total. The molecule has 1 saturated heterocycles. The van der Waals surface area contributed by atoms with Crippen molar-refractivity contribution in [2.75, 3.05) is 6.61 Å². The molecule has 2 heterocycles. The Bertz CT molecular complexity index is 367. The van der Waals surface area contributed by atoms with Crippen molar-refractivity contribution in [1.82, 2.24) is 9.78 Å². The second-order valence-corrected chi connectivity index (χ2v) is 5.09. The molecule has 2 rings (SSSR count). The van der Waals surface area contributed by atoms with Crippen molar-refractivity contribution in [2.24, 2.45) is 5.92 Å². The standard InChI is InChI=1S/C11H17BrN2O2/c1-3-14-9(8(12)6-13-14)10(15)11-7(2)4-5-16-11/h6-7,10-11,15H,3-5H2,1-2H3. The lowest BCUT2D eigenvalue weighted by Crippen LogP contribution is -2.25. The normalized spacial score (nSPS) is 27.2. The van der Waals surface area contributed by atoms with E-state index in [0.717, 1.165) is 29.7 Å². The molecule has 0 aliphatic carbocycles. The molecule has 16 heavy (non-hydrogen) atoms. The van der Waals surface area contributed by atoms with E-state index in [1.54, 1.807) is 6.20 Å². The molecule has 0 bridgehead atoms. The summed E-state index contributed by atoms with van der Waals surface area (Å²) in [4.78, 5) is 0. The Balaban J connectivity index is 2.25. The fourth-order valence-corrected chi connectivity index (χ4v) is 2.73. The molecule has 3 unspecified atom stereocenters. The monoisotopic (exact) mass is 288 g/mol. The lowest BCUT2D eigenvalue weighted by atomic mass is 9.97. The summed E-state index contributed by atoms with van der Waals surface area (Å²) in [5, 5.41) is 14.6. The Morgan fingerprint density at radius 2 is 2.50 bits per heavy atom. The number of aliphatic hydroxyl groups is 1. The number of hydrogen-bond donors (Lipinski definition) is 1. The minimum Gasteiger partial charge on any atom is -0.384 e. The fraction of sp³-hybridized carbons (Fsp3) is 0.727. The zero-order valence-corrected chi connectivity index (χ0v) is 11.1. The molecule has 0 saturated carbocycles. The highest BCUT2D eigenvalue weighted by Crippen LogP contribution is 2.34. The molecule has 5 heteroatoms. The van der Waals surface area contributed by atoms with E-state index < -0.39 is 6.10 Å². The number of hydrogen-bond acceptors (Lipinski definition) is 3. The Morgan fingerprint density at radius 1 is 1.75 bits per heavy atom. The summed E-state index contributed by atoms with van der Waals surface area (Å²) in [6.07, 6.45) is 2.02. The SMILES string of the molecule is CCn1ncc(Br)c1C(O)C1OCCC1C. The Hall–Kier alpha value is -0.390. The number of ether oxygens (including phenoxy) is 1. The van der Waals surface area contributed by atoms with Gasteiger partial charge >= 0.3 is 0 Å². The third-order valence-electron chi connectivity index (χ3n) is 3.17. The van der Waals surface area contributed by atoms with Gasteiger partial charge in [0.05, 0.1) is 22.5 Å². The quantitative estimate of drug-likeness (QED) is 0.927. The zero-order valence-electron chi connectivity index (χ0n) is 9.56. The van der Waals surface area contributed by atoms with Crippen molar-refractivity contribution in [1.29, 1.82) is 0 Å². The molecular weight excluding hydrogens is 272 g/mol. The molecule has 1 aromatic heterocycles. The van der Waals surface area contributed by atoms with Crippen LogP contribution >= 0.6 is 15.9 Å². The van der Waals surface area contributed by atoms with E-state index >= 15 is 0 Å². The average Bonchev–Trinajstić information content (AvgIpc) is 2.83. The van der Waals surface area contributed by atoms with Gasteiger partial charge in [-0.05, 0) is 35.2 Å². The summed E-state index contributed by atoms with van der Waals surface area (Å²) in [6, 6.07) is 0. The summed E-state index contributed by atoms with van der Waals surface area (Å²) < 4.78 is 8.25. The number of nitrogens with zero attached hydrogens (tertiary/aromatic N) is 2. The van der Waals surface area contributed by atoms with Crippen LogP contribution in [0.25, 0.3) is 0 Å². The van der Waals surface area contributed by atoms with Crippen LogP contribution in [0.3, 0.4) is 0 Å². The number of rotatable bonds is 3. The van der Waals surface area contributed by atoms with Crippen molar-refractivity contribution in [3.63, 3.8) is 0 Å². The summed E-state index contributed by atoms with van der Waals surface area (Å²) in [5.41, 5.74) is 0.821. The largest absolute Gasteiger partial charge is 0.384 e. The highest BCUT2D eigenvalue weighted by Gasteiger charge is 2.34. The maximum absolute atomic E-state index is 10.4. The molecule has 0 spiro atoms. The number of halogens is 1. The van der Waals surface area contributed by atoms with Crippen molar-refractivity contribution >= 4 is 15.9 Å². The number of aliphatic hydroxyl groups excluding tert-OH is 1. The van der Waals surface area contributed by atoms with Crippen LogP contribution in [-0.2, 0) is 11.3 Å². The summed E-state index contributed by atoms with van der Waals surface area (Å²) >= 11 is 3.43. The summed E-state index contributed by atoms with van der Waals surface area (Å²) in [6.45, 7) is 5.61. The van der Waals surface area contributed by atoms with Crippen LogP contribution in [0.2, 0.25) is 0 Å². The van der Waals surface area contributed by atoms with E-state index in [1.807, 2.05) is 11.6 Å². The van der Waals surface area contributed by atoms with Gasteiger partial charge in [-0.1, -0.05) is 6.92 Å². The van der Waals surface area contributed by atoms with Gasteiger partial charge < -0.3 is 9.84 Å². The zero-order chi connectivity index (χ0) is 11.7. The van der Waals surface area contributed by atoms with Gasteiger partial charge in [-0.2, -0.15) is 5.10 Å². The first kappa shape index (κ1) is 12.1. The molecule has 90 valence electrons. The molecule has 0 amide bonds. The fourth-order valence-electron chi connectivity index (χ4n) is 2.19. The number of aryl methyl sites for hydroxylation is 1. The first-order valence-corrected chi connectivity index (χ1v) is 6.45. The lowest BCUT2D eigenvalue weighted by Gasteiger charge is -2.22. The molecule has 3 atom stereocenters. The van der Waals surface area contributed by atoms with Crippen LogP contribution in [0, 0.1) is 5.92 Å². The lowest BCUT2D eigenvalue weighted by molar-refractivity contribution is -0.0222. The topological polar surface area (TPSA) is 47.3 Å². The van der Waals surface area contributed by atoms with Gasteiger partial charge in [0.25, 0.3) is 0 Å². The molecular formula is C11H17BrN2O2. The highest BCUT2D eigenvalue weighted by molar-refractivity contribution is 9.10. The van der Waals surface area contributed by atoms with Crippen molar-refractivity contribution < 1.29 is 9.84 Å². The van der Waals surface area contributed by atoms with Crippen molar-refractivity contribution in [2.45, 2.75) is 39.0 Å². The van der Waals surface area contributed by atoms with E-state index in [2.05, 4.69) is 28.0 Å². The van der Waals surface area contributed by atoms with E-state index in [-0.39, 0.29) is 6.10 Å². The van der Waals surface area contributed by atoms with Crippen LogP contribution in [0.5, 0.6) is 0 Å². The van der Waals surface area contributed by atoms with Gasteiger partial charge in [0, 0.05) is 13.2 Å². The third-order valence-corrected chi connectivity index (χ3v) is 3.78. The summed E-state index contributed by atoms with van der Waals surface area (Å²) in [7, 11) is 0. The van der Waals surface area contributed by atoms with Gasteiger partial charge in [-0.25, -0.2) is 0 Å². The Labute approximate surface area is 104 Å². The van der Waals surface area contributed by atoms with Crippen molar-refractivity contribution in [3.05, 3.63) is 16.4 Å². The second-order valence-electron chi connectivity index (χ2n) is 4.24. The summed E-state index contributed by atoms with van der Waals surface area (Å²) in [5.74, 6) is 0.391. The molecule has 0 radical (unpaired) electrons. The smallest absolute Gasteiger partial charge is 0.123 e. The van der Waals surface area contributed by atoms with E-state index in [1.165, 1.54) is 0 Å². The number of aromatic nitrogens is 2. The first-order valence-electron chi connectivity index (χ1n) is 5.66. The average molecular weight is 289 g/mol. The molecule has 1 aliphatic heterocycles. The Kier molecular flexibility index (Phi) is 3.66. The molecule has 1 aromatic rings. The second kappa shape index (κ2) is 4.85. The van der Waals surface area contributed by atoms with Gasteiger partial charge in [0.15, 0.2) is 0 Å². The Morgan fingerprint density at radius 3 is 3.06 bits per heavy atom. The van der Waals surface area contributed by atoms with Crippen LogP contribution in [0.1, 0.15) is 32.1 Å². The maximum atomic E-state index is 10.4. The van der Waals surface area contributed by atoms with Crippen LogP contribution < -0.4 is 0 Å². The van der Waals surface area contributed by atoms with Crippen LogP contribution in [-0.4, -0.2) is 27.6 Å². The maximum Gasteiger partial charge on any atom is 0.123 e. The first-order chi connectivity index (χ1) is 7.65. The van der Waals surface area contributed by atoms with E-state index in [9.17, 15) is 5.11 Å². The van der Waals surface area contributed by atoms with Gasteiger partial charge in [0.2, 0.25) is 0 Å². The highest BCUT2D eigenvalue weighted by atomic mass is 79.9. The van der Waals surface area contributed by atoms with E-state index in [4.69, 9.17) is 4.74 Å². The third kappa shape index (κ3) is 2.04. The molecule has 1 aliphatic rings. The predicted molar refractivity (Wildman–Crippen MR) is 64.1 cm³/mol. The predicted octanol–water partition coefficient (Wildman–Crippen LogP) is 2.12. The minimum absolute atomic E-state index is 0.113. The van der Waals surface area contributed by atoms with Crippen molar-refractivity contribution in [3.8, 4) is 0 Å². The molecule has 1 fully saturated rings. The van der Waals surface area contributed by atoms with Gasteiger partial charge in [-0.3, -0.25) is 4.68 Å². The molecule has 4 nitrogen and oxygen atoms in total. The van der Waals surface area contributed by atoms with Crippen LogP contribution in [0.4, 0.5) is 0 Å². The van der Waals surface area contributed by atoms with Crippen LogP contribution in [0.15, 0.2) is 10.7 Å². The van der Waals surface area contributed by atoms with Gasteiger partial charge in [-0.15, -0.1) is 0 Å².